The third-order valence-electron chi connectivity index (χ3n) is 2.91. The molecule has 100 valence electrons. The molecule has 2 aromatic rings. The second-order valence-electron chi connectivity index (χ2n) is 4.18. The molecule has 0 bridgehead atoms. The van der Waals surface area contributed by atoms with Gasteiger partial charge in [0.25, 0.3) is 5.56 Å². The maximum atomic E-state index is 11.8. The van der Waals surface area contributed by atoms with Crippen molar-refractivity contribution in [2.75, 3.05) is 14.2 Å². The Labute approximate surface area is 111 Å². The second kappa shape index (κ2) is 5.56. The zero-order valence-electron chi connectivity index (χ0n) is 11.2. The predicted octanol–water partition coefficient (Wildman–Crippen LogP) is 1.69. The Morgan fingerprint density at radius 3 is 2.42 bits per heavy atom. The van der Waals surface area contributed by atoms with E-state index in [-0.39, 0.29) is 5.56 Å². The van der Waals surface area contributed by atoms with Crippen molar-refractivity contribution in [2.24, 2.45) is 0 Å². The standard InChI is InChI=1S/C14H16N2O3/c1-9-7-10(14(17)16-15-9)8-11-12(18-2)5-4-6-13(11)19-3/h4-7H,8H2,1-3H3,(H,16,17). The van der Waals surface area contributed by atoms with Gasteiger partial charge in [-0.15, -0.1) is 0 Å². The molecule has 1 heterocycles. The Hall–Kier alpha value is -2.30. The summed E-state index contributed by atoms with van der Waals surface area (Å²) in [4.78, 5) is 11.8. The van der Waals surface area contributed by atoms with E-state index in [0.717, 1.165) is 11.3 Å². The lowest BCUT2D eigenvalue weighted by molar-refractivity contribution is 0.386. The van der Waals surface area contributed by atoms with Crippen LogP contribution in [0.25, 0.3) is 0 Å². The van der Waals surface area contributed by atoms with Crippen LogP contribution in [0.2, 0.25) is 0 Å². The Kier molecular flexibility index (Phi) is 3.85. The molecule has 0 aliphatic heterocycles. The van der Waals surface area contributed by atoms with E-state index in [1.165, 1.54) is 0 Å². The number of methoxy groups -OCH3 is 2. The van der Waals surface area contributed by atoms with Gasteiger partial charge in [-0.2, -0.15) is 5.10 Å². The number of aromatic nitrogens is 2. The highest BCUT2D eigenvalue weighted by atomic mass is 16.5. The lowest BCUT2D eigenvalue weighted by atomic mass is 10.0. The number of benzene rings is 1. The normalized spacial score (nSPS) is 10.3. The van der Waals surface area contributed by atoms with Crippen molar-refractivity contribution in [3.8, 4) is 11.5 Å². The SMILES string of the molecule is COc1cccc(OC)c1Cc1cc(C)n[nH]c1=O. The van der Waals surface area contributed by atoms with Gasteiger partial charge < -0.3 is 9.47 Å². The Morgan fingerprint density at radius 1 is 1.21 bits per heavy atom. The number of aryl methyl sites for hydroxylation is 1. The van der Waals surface area contributed by atoms with Gasteiger partial charge in [-0.1, -0.05) is 6.07 Å². The lowest BCUT2D eigenvalue weighted by Crippen LogP contribution is -2.15. The Balaban J connectivity index is 2.48. The summed E-state index contributed by atoms with van der Waals surface area (Å²) in [6.45, 7) is 1.83. The van der Waals surface area contributed by atoms with Gasteiger partial charge in [-0.25, -0.2) is 5.10 Å². The maximum absolute atomic E-state index is 11.8. The van der Waals surface area contributed by atoms with Crippen molar-refractivity contribution in [3.05, 3.63) is 51.4 Å². The van der Waals surface area contributed by atoms with Crippen LogP contribution in [0.4, 0.5) is 0 Å². The average Bonchev–Trinajstić information content (AvgIpc) is 2.43. The molecule has 0 atom stereocenters. The van der Waals surface area contributed by atoms with Crippen molar-refractivity contribution < 1.29 is 9.47 Å². The van der Waals surface area contributed by atoms with Crippen molar-refractivity contribution >= 4 is 0 Å². The summed E-state index contributed by atoms with van der Waals surface area (Å²) in [5.74, 6) is 1.40. The molecule has 1 aromatic heterocycles. The monoisotopic (exact) mass is 260 g/mol. The number of aromatic amines is 1. The molecule has 1 N–H and O–H groups in total. The van der Waals surface area contributed by atoms with Crippen LogP contribution in [0.15, 0.2) is 29.1 Å². The van der Waals surface area contributed by atoms with Gasteiger partial charge in [0.15, 0.2) is 0 Å². The van der Waals surface area contributed by atoms with E-state index in [4.69, 9.17) is 9.47 Å². The van der Waals surface area contributed by atoms with Crippen LogP contribution in [0, 0.1) is 6.92 Å². The van der Waals surface area contributed by atoms with E-state index < -0.39 is 0 Å². The molecule has 0 radical (unpaired) electrons. The predicted molar refractivity (Wildman–Crippen MR) is 71.9 cm³/mol. The zero-order chi connectivity index (χ0) is 13.8. The van der Waals surface area contributed by atoms with Crippen LogP contribution >= 0.6 is 0 Å². The minimum atomic E-state index is -0.196. The van der Waals surface area contributed by atoms with Crippen LogP contribution in [0.1, 0.15) is 16.8 Å². The molecule has 5 nitrogen and oxygen atoms in total. The molecule has 1 aromatic carbocycles. The van der Waals surface area contributed by atoms with E-state index >= 15 is 0 Å². The summed E-state index contributed by atoms with van der Waals surface area (Å²) >= 11 is 0. The van der Waals surface area contributed by atoms with Gasteiger partial charge >= 0.3 is 0 Å². The summed E-state index contributed by atoms with van der Waals surface area (Å²) in [6.07, 6.45) is 0.436. The van der Waals surface area contributed by atoms with Gasteiger partial charge in [-0.05, 0) is 25.1 Å². The summed E-state index contributed by atoms with van der Waals surface area (Å²) in [5, 5.41) is 6.34. The fourth-order valence-electron chi connectivity index (χ4n) is 1.98. The lowest BCUT2D eigenvalue weighted by Gasteiger charge is -2.12. The van der Waals surface area contributed by atoms with Crippen LogP contribution < -0.4 is 15.0 Å². The van der Waals surface area contributed by atoms with Gasteiger partial charge in [0.2, 0.25) is 0 Å². The third kappa shape index (κ3) is 2.76. The maximum Gasteiger partial charge on any atom is 0.267 e. The quantitative estimate of drug-likeness (QED) is 0.908. The molecule has 0 spiro atoms. The fourth-order valence-corrected chi connectivity index (χ4v) is 1.98. The first-order chi connectivity index (χ1) is 9.15. The first-order valence-electron chi connectivity index (χ1n) is 5.90. The highest BCUT2D eigenvalue weighted by molar-refractivity contribution is 5.47. The molecule has 0 unspecified atom stereocenters. The summed E-state index contributed by atoms with van der Waals surface area (Å²) < 4.78 is 10.6. The molecular formula is C14H16N2O3. The number of H-pyrrole nitrogens is 1. The molecule has 0 aliphatic carbocycles. The van der Waals surface area contributed by atoms with Crippen molar-refractivity contribution in [1.29, 1.82) is 0 Å². The number of rotatable bonds is 4. The summed E-state index contributed by atoms with van der Waals surface area (Å²) in [6, 6.07) is 7.31. The minimum absolute atomic E-state index is 0.196. The highest BCUT2D eigenvalue weighted by Crippen LogP contribution is 2.29. The van der Waals surface area contributed by atoms with Crippen LogP contribution in [-0.4, -0.2) is 24.4 Å². The third-order valence-corrected chi connectivity index (χ3v) is 2.91. The largest absolute Gasteiger partial charge is 0.496 e. The first kappa shape index (κ1) is 13.1. The number of hydrogen-bond donors (Lipinski definition) is 1. The van der Waals surface area contributed by atoms with Gasteiger partial charge in [0.1, 0.15) is 11.5 Å². The molecular weight excluding hydrogens is 244 g/mol. The average molecular weight is 260 g/mol. The molecule has 0 saturated heterocycles. The molecule has 2 rings (SSSR count). The highest BCUT2D eigenvalue weighted by Gasteiger charge is 2.12. The Bertz CT molecular complexity index is 613. The van der Waals surface area contributed by atoms with Crippen molar-refractivity contribution in [2.45, 2.75) is 13.3 Å². The van der Waals surface area contributed by atoms with E-state index in [0.29, 0.717) is 23.5 Å². The van der Waals surface area contributed by atoms with Crippen LogP contribution in [0.3, 0.4) is 0 Å². The Morgan fingerprint density at radius 2 is 1.84 bits per heavy atom. The summed E-state index contributed by atoms with van der Waals surface area (Å²) in [5.41, 5.74) is 2.06. The van der Waals surface area contributed by atoms with E-state index in [2.05, 4.69) is 10.2 Å². The van der Waals surface area contributed by atoms with Gasteiger partial charge in [0.05, 0.1) is 19.9 Å². The van der Waals surface area contributed by atoms with Gasteiger partial charge in [0, 0.05) is 17.5 Å². The van der Waals surface area contributed by atoms with E-state index in [1.54, 1.807) is 20.3 Å². The first-order valence-corrected chi connectivity index (χ1v) is 5.90. The zero-order valence-corrected chi connectivity index (χ0v) is 11.2. The number of nitrogens with one attached hydrogen (secondary N) is 1. The molecule has 5 heteroatoms. The number of nitrogens with zero attached hydrogens (tertiary/aromatic N) is 1. The van der Waals surface area contributed by atoms with E-state index in [9.17, 15) is 4.79 Å². The van der Waals surface area contributed by atoms with Crippen molar-refractivity contribution in [3.63, 3.8) is 0 Å². The number of hydrogen-bond acceptors (Lipinski definition) is 4. The van der Waals surface area contributed by atoms with E-state index in [1.807, 2.05) is 25.1 Å². The molecule has 0 amide bonds. The second-order valence-corrected chi connectivity index (χ2v) is 4.18. The minimum Gasteiger partial charge on any atom is -0.496 e. The van der Waals surface area contributed by atoms with Gasteiger partial charge in [-0.3, -0.25) is 4.79 Å². The summed E-state index contributed by atoms with van der Waals surface area (Å²) in [7, 11) is 3.20. The van der Waals surface area contributed by atoms with Crippen molar-refractivity contribution in [1.82, 2.24) is 10.2 Å². The topological polar surface area (TPSA) is 64.2 Å². The molecule has 0 saturated carbocycles. The molecule has 0 aliphatic rings. The smallest absolute Gasteiger partial charge is 0.267 e. The van der Waals surface area contributed by atoms with Crippen LogP contribution in [0.5, 0.6) is 11.5 Å². The fraction of sp³-hybridized carbons (Fsp3) is 0.286. The molecule has 19 heavy (non-hydrogen) atoms. The number of ether oxygens (including phenoxy) is 2. The molecule has 0 fully saturated rings. The van der Waals surface area contributed by atoms with Crippen LogP contribution in [-0.2, 0) is 6.42 Å².